The molecule has 0 saturated heterocycles. The summed E-state index contributed by atoms with van der Waals surface area (Å²) >= 11 is 5.69. The zero-order valence-electron chi connectivity index (χ0n) is 17.7. The lowest BCUT2D eigenvalue weighted by Gasteiger charge is -2.25. The van der Waals surface area contributed by atoms with Crippen molar-refractivity contribution < 1.29 is 26.4 Å². The zero-order chi connectivity index (χ0) is 24.4. The van der Waals surface area contributed by atoms with Crippen molar-refractivity contribution >= 4 is 38.9 Å². The molecule has 0 fully saturated rings. The van der Waals surface area contributed by atoms with Gasteiger partial charge in [0.1, 0.15) is 6.54 Å². The molecule has 0 aliphatic carbocycles. The summed E-state index contributed by atoms with van der Waals surface area (Å²) in [5.41, 5.74) is 0.551. The van der Waals surface area contributed by atoms with E-state index in [1.807, 2.05) is 13.0 Å². The van der Waals surface area contributed by atoms with E-state index in [1.54, 1.807) is 25.1 Å². The molecule has 0 bridgehead atoms. The summed E-state index contributed by atoms with van der Waals surface area (Å²) in [5, 5.41) is 2.06. The first-order valence-electron chi connectivity index (χ1n) is 9.71. The molecule has 1 N–H and O–H groups in total. The van der Waals surface area contributed by atoms with Crippen molar-refractivity contribution in [3.05, 3.63) is 88.4 Å². The summed E-state index contributed by atoms with van der Waals surface area (Å²) in [7, 11) is -4.37. The van der Waals surface area contributed by atoms with Gasteiger partial charge in [-0.2, -0.15) is 13.2 Å². The molecule has 3 rings (SSSR count). The number of nitrogens with zero attached hydrogens (tertiary/aromatic N) is 1. The molecule has 3 aromatic rings. The van der Waals surface area contributed by atoms with Gasteiger partial charge in [0.25, 0.3) is 10.0 Å². The first-order chi connectivity index (χ1) is 15.4. The highest BCUT2D eigenvalue weighted by Gasteiger charge is 2.35. The number of anilines is 2. The summed E-state index contributed by atoms with van der Waals surface area (Å²) in [5.74, 6) is -0.716. The number of sulfonamides is 1. The number of alkyl halides is 3. The Morgan fingerprint density at radius 3 is 2.30 bits per heavy atom. The van der Waals surface area contributed by atoms with E-state index in [2.05, 4.69) is 5.32 Å². The van der Waals surface area contributed by atoms with Gasteiger partial charge in [-0.1, -0.05) is 41.9 Å². The molecule has 0 aliphatic rings. The average Bonchev–Trinajstić information content (AvgIpc) is 2.75. The van der Waals surface area contributed by atoms with Gasteiger partial charge in [-0.3, -0.25) is 9.10 Å². The molecule has 0 unspecified atom stereocenters. The fourth-order valence-corrected chi connectivity index (χ4v) is 4.77. The zero-order valence-corrected chi connectivity index (χ0v) is 19.2. The standard InChI is InChI=1S/C23H20ClF3N2O3S/c1-15-8-9-16(2)21(12-15)28-22(30)14-29(33(31,32)18-6-4-3-5-7-18)17-10-11-20(24)19(13-17)23(25,26)27/h3-13H,14H2,1-2H3,(H,28,30). The second-order valence-electron chi connectivity index (χ2n) is 7.35. The monoisotopic (exact) mass is 496 g/mol. The summed E-state index contributed by atoms with van der Waals surface area (Å²) in [6.45, 7) is 2.85. The minimum absolute atomic E-state index is 0.173. The predicted molar refractivity (Wildman–Crippen MR) is 122 cm³/mol. The van der Waals surface area contributed by atoms with Gasteiger partial charge in [-0.25, -0.2) is 8.42 Å². The van der Waals surface area contributed by atoms with Gasteiger partial charge in [0, 0.05) is 5.69 Å². The third-order valence-electron chi connectivity index (χ3n) is 4.83. The summed E-state index contributed by atoms with van der Waals surface area (Å²) in [4.78, 5) is 12.6. The van der Waals surface area contributed by atoms with Crippen molar-refractivity contribution in [3.8, 4) is 0 Å². The largest absolute Gasteiger partial charge is 0.417 e. The van der Waals surface area contributed by atoms with E-state index in [0.29, 0.717) is 16.1 Å². The Bertz CT molecular complexity index is 1280. The van der Waals surface area contributed by atoms with Crippen molar-refractivity contribution in [2.75, 3.05) is 16.2 Å². The molecular weight excluding hydrogens is 477 g/mol. The van der Waals surface area contributed by atoms with Crippen molar-refractivity contribution in [1.29, 1.82) is 0 Å². The van der Waals surface area contributed by atoms with Crippen molar-refractivity contribution in [1.82, 2.24) is 0 Å². The Hall–Kier alpha value is -3.04. The number of benzene rings is 3. The van der Waals surface area contributed by atoms with Crippen molar-refractivity contribution in [2.45, 2.75) is 24.9 Å². The highest BCUT2D eigenvalue weighted by Crippen LogP contribution is 2.38. The van der Waals surface area contributed by atoms with Gasteiger partial charge in [-0.15, -0.1) is 0 Å². The van der Waals surface area contributed by atoms with E-state index in [-0.39, 0.29) is 10.6 Å². The molecular formula is C23H20ClF3N2O3S. The molecule has 174 valence electrons. The first kappa shape index (κ1) is 24.6. The maximum Gasteiger partial charge on any atom is 0.417 e. The quantitative estimate of drug-likeness (QED) is 0.468. The fraction of sp³-hybridized carbons (Fsp3) is 0.174. The lowest BCUT2D eigenvalue weighted by molar-refractivity contribution is -0.137. The predicted octanol–water partition coefficient (Wildman–Crippen LogP) is 5.81. The van der Waals surface area contributed by atoms with Crippen LogP contribution in [0.5, 0.6) is 0 Å². The van der Waals surface area contributed by atoms with Crippen LogP contribution < -0.4 is 9.62 Å². The Balaban J connectivity index is 2.05. The van der Waals surface area contributed by atoms with Gasteiger partial charge >= 0.3 is 6.18 Å². The smallest absolute Gasteiger partial charge is 0.324 e. The van der Waals surface area contributed by atoms with Crippen LogP contribution in [-0.4, -0.2) is 20.9 Å². The molecule has 1 amide bonds. The van der Waals surface area contributed by atoms with Crippen LogP contribution in [0, 0.1) is 13.8 Å². The number of nitrogens with one attached hydrogen (secondary N) is 1. The number of halogens is 4. The second-order valence-corrected chi connectivity index (χ2v) is 9.62. The number of aryl methyl sites for hydroxylation is 2. The third-order valence-corrected chi connectivity index (χ3v) is 6.95. The van der Waals surface area contributed by atoms with Gasteiger partial charge in [0.05, 0.1) is 21.2 Å². The highest BCUT2D eigenvalue weighted by molar-refractivity contribution is 7.92. The lowest BCUT2D eigenvalue weighted by atomic mass is 10.1. The summed E-state index contributed by atoms with van der Waals surface area (Å²) in [6, 6.07) is 15.2. The van der Waals surface area contributed by atoms with E-state index in [1.165, 1.54) is 24.3 Å². The molecule has 0 aromatic heterocycles. The summed E-state index contributed by atoms with van der Waals surface area (Å²) in [6.07, 6.45) is -4.81. The van der Waals surface area contributed by atoms with Gasteiger partial charge < -0.3 is 5.32 Å². The Labute approximate surface area is 194 Å². The average molecular weight is 497 g/mol. The number of hydrogen-bond donors (Lipinski definition) is 1. The number of amides is 1. The fourth-order valence-electron chi connectivity index (χ4n) is 3.11. The van der Waals surface area contributed by atoms with Crippen LogP contribution in [0.15, 0.2) is 71.6 Å². The van der Waals surface area contributed by atoms with Crippen molar-refractivity contribution in [3.63, 3.8) is 0 Å². The molecule has 0 saturated carbocycles. The van der Waals surface area contributed by atoms with E-state index >= 15 is 0 Å². The molecule has 0 spiro atoms. The molecule has 10 heteroatoms. The first-order valence-corrected chi connectivity index (χ1v) is 11.5. The van der Waals surface area contributed by atoms with Gasteiger partial charge in [0.2, 0.25) is 5.91 Å². The Kier molecular flexibility index (Phi) is 7.04. The van der Waals surface area contributed by atoms with Gasteiger partial charge in [0.15, 0.2) is 0 Å². The van der Waals surface area contributed by atoms with Crippen LogP contribution in [0.25, 0.3) is 0 Å². The van der Waals surface area contributed by atoms with Crippen LogP contribution in [0.4, 0.5) is 24.5 Å². The minimum atomic E-state index is -4.81. The van der Waals surface area contributed by atoms with E-state index in [9.17, 15) is 26.4 Å². The normalized spacial score (nSPS) is 11.8. The molecule has 5 nitrogen and oxygen atoms in total. The maximum absolute atomic E-state index is 13.4. The minimum Gasteiger partial charge on any atom is -0.324 e. The Morgan fingerprint density at radius 2 is 1.67 bits per heavy atom. The van der Waals surface area contributed by atoms with Gasteiger partial charge in [-0.05, 0) is 61.4 Å². The van der Waals surface area contributed by atoms with Crippen LogP contribution in [0.1, 0.15) is 16.7 Å². The topological polar surface area (TPSA) is 66.5 Å². The molecule has 3 aromatic carbocycles. The molecule has 0 heterocycles. The van der Waals surface area contributed by atoms with E-state index < -0.39 is 39.2 Å². The number of carbonyl (C=O) groups excluding carboxylic acids is 1. The molecule has 0 atom stereocenters. The van der Waals surface area contributed by atoms with Crippen molar-refractivity contribution in [2.24, 2.45) is 0 Å². The molecule has 0 aliphatic heterocycles. The molecule has 33 heavy (non-hydrogen) atoms. The van der Waals surface area contributed by atoms with E-state index in [0.717, 1.165) is 23.3 Å². The van der Waals surface area contributed by atoms with Crippen LogP contribution in [0.3, 0.4) is 0 Å². The third kappa shape index (κ3) is 5.66. The van der Waals surface area contributed by atoms with Crippen LogP contribution >= 0.6 is 11.6 Å². The lowest BCUT2D eigenvalue weighted by Crippen LogP contribution is -2.38. The van der Waals surface area contributed by atoms with E-state index in [4.69, 9.17) is 11.6 Å². The number of hydrogen-bond acceptors (Lipinski definition) is 3. The van der Waals surface area contributed by atoms with Crippen LogP contribution in [0.2, 0.25) is 5.02 Å². The summed E-state index contributed by atoms with van der Waals surface area (Å²) < 4.78 is 67.5. The SMILES string of the molecule is Cc1ccc(C)c(NC(=O)CN(c2ccc(Cl)c(C(F)(F)F)c2)S(=O)(=O)c2ccccc2)c1. The number of carbonyl (C=O) groups is 1. The maximum atomic E-state index is 13.4. The second kappa shape index (κ2) is 9.44. The Morgan fingerprint density at radius 1 is 1.00 bits per heavy atom. The number of rotatable bonds is 6. The highest BCUT2D eigenvalue weighted by atomic mass is 35.5. The van der Waals surface area contributed by atoms with Crippen LogP contribution in [-0.2, 0) is 21.0 Å². The molecule has 0 radical (unpaired) electrons.